The fourth-order valence-electron chi connectivity index (χ4n) is 1.57. The molecule has 0 saturated heterocycles. The van der Waals surface area contributed by atoms with Crippen LogP contribution in [0.1, 0.15) is 20.3 Å². The van der Waals surface area contributed by atoms with Gasteiger partial charge in [0.2, 0.25) is 0 Å². The lowest BCUT2D eigenvalue weighted by atomic mass is 9.85. The SMILES string of the molecule is CC(C)C(=O)C1(O)C=CC(OCCO)=CC1. The predicted molar refractivity (Wildman–Crippen MR) is 59.7 cm³/mol. The summed E-state index contributed by atoms with van der Waals surface area (Å²) in [4.78, 5) is 11.7. The Bertz CT molecular complexity index is 317. The first-order chi connectivity index (χ1) is 7.49. The van der Waals surface area contributed by atoms with E-state index in [0.717, 1.165) is 0 Å². The van der Waals surface area contributed by atoms with Crippen LogP contribution in [-0.2, 0) is 9.53 Å². The Labute approximate surface area is 95.2 Å². The Morgan fingerprint density at radius 3 is 2.75 bits per heavy atom. The van der Waals surface area contributed by atoms with Gasteiger partial charge in [0.25, 0.3) is 0 Å². The molecule has 4 nitrogen and oxygen atoms in total. The van der Waals surface area contributed by atoms with Gasteiger partial charge in [-0.2, -0.15) is 0 Å². The summed E-state index contributed by atoms with van der Waals surface area (Å²) in [5.74, 6) is 0.180. The van der Waals surface area contributed by atoms with Crippen molar-refractivity contribution in [3.05, 3.63) is 24.0 Å². The van der Waals surface area contributed by atoms with Crippen LogP contribution < -0.4 is 0 Å². The van der Waals surface area contributed by atoms with Crippen LogP contribution in [0.4, 0.5) is 0 Å². The minimum Gasteiger partial charge on any atom is -0.492 e. The van der Waals surface area contributed by atoms with Crippen LogP contribution in [-0.4, -0.2) is 34.8 Å². The second-order valence-electron chi connectivity index (χ2n) is 4.16. The van der Waals surface area contributed by atoms with Gasteiger partial charge in [-0.05, 0) is 18.2 Å². The number of aliphatic hydroxyl groups is 2. The van der Waals surface area contributed by atoms with Crippen molar-refractivity contribution < 1.29 is 19.7 Å². The summed E-state index contributed by atoms with van der Waals surface area (Å²) in [5.41, 5.74) is -1.40. The smallest absolute Gasteiger partial charge is 0.171 e. The van der Waals surface area contributed by atoms with Crippen molar-refractivity contribution >= 4 is 5.78 Å². The van der Waals surface area contributed by atoms with Crippen molar-refractivity contribution in [3.8, 4) is 0 Å². The van der Waals surface area contributed by atoms with Gasteiger partial charge in [0.15, 0.2) is 5.78 Å². The number of allylic oxidation sites excluding steroid dienone is 1. The van der Waals surface area contributed by atoms with Crippen LogP contribution in [0.25, 0.3) is 0 Å². The van der Waals surface area contributed by atoms with Gasteiger partial charge >= 0.3 is 0 Å². The molecule has 1 aliphatic carbocycles. The molecule has 0 amide bonds. The Hall–Kier alpha value is -1.13. The summed E-state index contributed by atoms with van der Waals surface area (Å²) in [7, 11) is 0. The molecule has 0 bridgehead atoms. The average molecular weight is 226 g/mol. The maximum absolute atomic E-state index is 11.7. The molecular weight excluding hydrogens is 208 g/mol. The van der Waals surface area contributed by atoms with Crippen LogP contribution in [0.2, 0.25) is 0 Å². The summed E-state index contributed by atoms with van der Waals surface area (Å²) in [6.07, 6.45) is 4.92. The molecule has 4 heteroatoms. The molecule has 0 saturated carbocycles. The van der Waals surface area contributed by atoms with Crippen molar-refractivity contribution in [1.29, 1.82) is 0 Å². The minimum atomic E-state index is -1.40. The van der Waals surface area contributed by atoms with E-state index in [1.807, 2.05) is 0 Å². The molecule has 0 aromatic heterocycles. The van der Waals surface area contributed by atoms with Crippen molar-refractivity contribution in [2.75, 3.05) is 13.2 Å². The fourth-order valence-corrected chi connectivity index (χ4v) is 1.57. The highest BCUT2D eigenvalue weighted by atomic mass is 16.5. The van der Waals surface area contributed by atoms with E-state index in [1.54, 1.807) is 26.0 Å². The fraction of sp³-hybridized carbons (Fsp3) is 0.583. The second-order valence-corrected chi connectivity index (χ2v) is 4.16. The number of rotatable bonds is 5. The molecule has 0 heterocycles. The van der Waals surface area contributed by atoms with Crippen LogP contribution in [0.15, 0.2) is 24.0 Å². The van der Waals surface area contributed by atoms with Gasteiger partial charge in [-0.1, -0.05) is 13.8 Å². The summed E-state index contributed by atoms with van der Waals surface area (Å²) >= 11 is 0. The third kappa shape index (κ3) is 2.93. The quantitative estimate of drug-likeness (QED) is 0.727. The number of ether oxygens (including phenoxy) is 1. The van der Waals surface area contributed by atoms with Gasteiger partial charge in [0, 0.05) is 12.3 Å². The molecule has 1 aliphatic rings. The lowest BCUT2D eigenvalue weighted by molar-refractivity contribution is -0.136. The number of hydrogen-bond donors (Lipinski definition) is 2. The third-order valence-corrected chi connectivity index (χ3v) is 2.45. The van der Waals surface area contributed by atoms with E-state index in [0.29, 0.717) is 5.76 Å². The summed E-state index contributed by atoms with van der Waals surface area (Å²) < 4.78 is 5.17. The first-order valence-corrected chi connectivity index (χ1v) is 5.39. The van der Waals surface area contributed by atoms with E-state index in [2.05, 4.69) is 0 Å². The molecule has 0 radical (unpaired) electrons. The second kappa shape index (κ2) is 5.27. The van der Waals surface area contributed by atoms with E-state index in [9.17, 15) is 9.90 Å². The molecule has 1 unspecified atom stereocenters. The Kier molecular flexibility index (Phi) is 4.26. The number of aliphatic hydroxyl groups excluding tert-OH is 1. The van der Waals surface area contributed by atoms with Crippen molar-refractivity contribution in [3.63, 3.8) is 0 Å². The first kappa shape index (κ1) is 12.9. The van der Waals surface area contributed by atoms with Gasteiger partial charge in [-0.15, -0.1) is 0 Å². The zero-order valence-corrected chi connectivity index (χ0v) is 9.64. The third-order valence-electron chi connectivity index (χ3n) is 2.45. The summed E-state index contributed by atoms with van der Waals surface area (Å²) in [5, 5.41) is 18.6. The number of ketones is 1. The van der Waals surface area contributed by atoms with Crippen LogP contribution >= 0.6 is 0 Å². The maximum atomic E-state index is 11.7. The lowest BCUT2D eigenvalue weighted by Gasteiger charge is -2.26. The van der Waals surface area contributed by atoms with Crippen molar-refractivity contribution in [2.24, 2.45) is 5.92 Å². The molecule has 0 aromatic rings. The highest BCUT2D eigenvalue weighted by Gasteiger charge is 2.35. The molecular formula is C12H18O4. The van der Waals surface area contributed by atoms with E-state index >= 15 is 0 Å². The minimum absolute atomic E-state index is 0.0552. The molecule has 1 atom stereocenters. The van der Waals surface area contributed by atoms with Gasteiger partial charge in [-0.25, -0.2) is 0 Å². The van der Waals surface area contributed by atoms with E-state index in [-0.39, 0.29) is 31.3 Å². The molecule has 0 spiro atoms. The molecule has 0 fully saturated rings. The van der Waals surface area contributed by atoms with Gasteiger partial charge in [0.1, 0.15) is 18.0 Å². The largest absolute Gasteiger partial charge is 0.492 e. The van der Waals surface area contributed by atoms with E-state index in [1.165, 1.54) is 6.08 Å². The van der Waals surface area contributed by atoms with E-state index < -0.39 is 5.60 Å². The number of carbonyl (C=O) groups excluding carboxylic acids is 1. The van der Waals surface area contributed by atoms with Crippen LogP contribution in [0.5, 0.6) is 0 Å². The van der Waals surface area contributed by atoms with Crippen LogP contribution in [0, 0.1) is 5.92 Å². The zero-order valence-electron chi connectivity index (χ0n) is 9.64. The predicted octanol–water partition coefficient (Wildman–Crippen LogP) is 0.795. The molecule has 1 rings (SSSR count). The molecule has 90 valence electrons. The summed E-state index contributed by atoms with van der Waals surface area (Å²) in [6.45, 7) is 3.68. The lowest BCUT2D eigenvalue weighted by Crippen LogP contribution is -2.40. The Morgan fingerprint density at radius 2 is 2.31 bits per heavy atom. The molecule has 0 aromatic carbocycles. The maximum Gasteiger partial charge on any atom is 0.171 e. The Balaban J connectivity index is 2.63. The monoisotopic (exact) mass is 226 g/mol. The van der Waals surface area contributed by atoms with Crippen molar-refractivity contribution in [1.82, 2.24) is 0 Å². The van der Waals surface area contributed by atoms with Crippen LogP contribution in [0.3, 0.4) is 0 Å². The molecule has 0 aliphatic heterocycles. The van der Waals surface area contributed by atoms with Crippen molar-refractivity contribution in [2.45, 2.75) is 25.9 Å². The topological polar surface area (TPSA) is 66.8 Å². The normalized spacial score (nSPS) is 24.4. The average Bonchev–Trinajstić information content (AvgIpc) is 2.27. The number of hydrogen-bond acceptors (Lipinski definition) is 4. The van der Waals surface area contributed by atoms with Gasteiger partial charge in [-0.3, -0.25) is 4.79 Å². The zero-order chi connectivity index (χ0) is 12.2. The van der Waals surface area contributed by atoms with E-state index in [4.69, 9.17) is 9.84 Å². The molecule has 2 N–H and O–H groups in total. The first-order valence-electron chi connectivity index (χ1n) is 5.39. The van der Waals surface area contributed by atoms with Gasteiger partial charge < -0.3 is 14.9 Å². The number of carbonyl (C=O) groups is 1. The highest BCUT2D eigenvalue weighted by Crippen LogP contribution is 2.25. The number of Topliss-reactive ketones (excluding diaryl/α,β-unsaturated/α-hetero) is 1. The summed E-state index contributed by atoms with van der Waals surface area (Å²) in [6, 6.07) is 0. The standard InChI is InChI=1S/C12H18O4/c1-9(2)11(14)12(15)5-3-10(4-6-12)16-8-7-13/h3-5,9,13,15H,6-8H2,1-2H3. The highest BCUT2D eigenvalue weighted by molar-refractivity contribution is 5.91. The molecule has 16 heavy (non-hydrogen) atoms. The van der Waals surface area contributed by atoms with Gasteiger partial charge in [0.05, 0.1) is 6.61 Å². The Morgan fingerprint density at radius 1 is 1.62 bits per heavy atom.